The van der Waals surface area contributed by atoms with E-state index in [0.29, 0.717) is 18.4 Å². The van der Waals surface area contributed by atoms with Crippen molar-refractivity contribution >= 4 is 11.6 Å². The van der Waals surface area contributed by atoms with Crippen molar-refractivity contribution in [3.63, 3.8) is 0 Å². The standard InChI is InChI=1S/C23H42O11.C19H37NO10.C16H28O10.C15H28O11.C15H26O11/c1-2-3-4-5-6-7-8-9-13(26)10-14-17(27)20(30)22(16(12-25)32-14)34-23-21(31)19(29)18(28)15(11-24)33-23;1-3-4-5-20-9(2)6-10-13(23)16(26)18(12(8-22)28-10)30-19-17(27)15(25)14(24)11(7-21)29-19;1-6(2)3-7-10(19)13(22)15(9(5-18)24-7)26-16-14(23)12(21)11(20)8(4-17)25-16;2*1-5(18)2-6-9(19)12(22)14(8(4-17)24-6)26-15-13(23)11(21)10(20)7(3-16)25-15/h14-25,27-31H,2-12H2,1H3;9-27H,3-8H2,1-2H3;7-23H,1,3-5H2,2H3;5-23H,2-4H2,1H3;6-17,19-23H,2-4H2,1H3/t14-,15+,16+,17-,18-,19-,20+,21+,22+,23?;9?,10-,11+,12+,13-,14-,15-,16+,17+,18+,19?;7-,8-,9-,10+,11+,12+,13-,14-,15-,16+;5?,6-,7+,8+,9-,10-,11-,12+,13+,14+,15?;6-,7+,8+,9-,10-,11-,12+,13+,14+,15?/m00100/s1. The molecule has 54 nitrogen and oxygen atoms in total. The Balaban J connectivity index is 0.000000273. The number of rotatable bonds is 42. The third-order valence-electron chi connectivity index (χ3n) is 26.2. The zero-order chi connectivity index (χ0) is 106. The van der Waals surface area contributed by atoms with Gasteiger partial charge in [0.1, 0.15) is 256 Å². The largest absolute Gasteiger partial charge is 0.394 e. The summed E-state index contributed by atoms with van der Waals surface area (Å²) in [5, 5.41) is 359. The molecule has 10 saturated heterocycles. The van der Waals surface area contributed by atoms with Gasteiger partial charge in [0.25, 0.3) is 0 Å². The van der Waals surface area contributed by atoms with E-state index >= 15 is 0 Å². The molecule has 0 saturated carbocycles. The number of unbranched alkanes of at least 4 members (excludes halogenated alkanes) is 7. The van der Waals surface area contributed by atoms with Crippen LogP contribution in [0.1, 0.15) is 138 Å². The van der Waals surface area contributed by atoms with E-state index in [4.69, 9.17) is 71.1 Å². The summed E-state index contributed by atoms with van der Waals surface area (Å²) in [5.74, 6) is -0.402. The number of aliphatic hydroxyl groups excluding tert-OH is 36. The minimum atomic E-state index is -1.72. The molecule has 142 heavy (non-hydrogen) atoms. The predicted molar refractivity (Wildman–Crippen MR) is 472 cm³/mol. The van der Waals surface area contributed by atoms with Gasteiger partial charge in [-0.15, -0.1) is 6.58 Å². The monoisotopic (exact) mass is 2080 g/mol. The molecule has 10 aliphatic heterocycles. The van der Waals surface area contributed by atoms with Crippen LogP contribution in [0.3, 0.4) is 0 Å². The molecule has 37 N–H and O–H groups in total. The Morgan fingerprint density at radius 3 is 0.739 bits per heavy atom. The first-order valence-corrected chi connectivity index (χ1v) is 48.1. The van der Waals surface area contributed by atoms with E-state index in [1.54, 1.807) is 6.92 Å². The number of aliphatic hydroxyl groups is 36. The van der Waals surface area contributed by atoms with E-state index in [2.05, 4.69) is 25.7 Å². The van der Waals surface area contributed by atoms with Gasteiger partial charge in [-0.1, -0.05) is 64.4 Å². The molecule has 6 unspecified atom stereocenters. The van der Waals surface area contributed by atoms with Crippen LogP contribution in [-0.2, 0) is 80.6 Å². The average molecular weight is 2080 g/mol. The molecule has 0 bridgehead atoms. The molecular weight excluding hydrogens is 1920 g/mol. The average Bonchev–Trinajstić information content (AvgIpc) is 0.796. The number of hydrogen-bond acceptors (Lipinski definition) is 54. The van der Waals surface area contributed by atoms with Crippen LogP contribution in [-0.4, -0.2) is 586 Å². The van der Waals surface area contributed by atoms with Gasteiger partial charge < -0.3 is 260 Å². The molecule has 52 atom stereocenters. The van der Waals surface area contributed by atoms with Crippen LogP contribution in [0.15, 0.2) is 12.2 Å². The highest BCUT2D eigenvalue weighted by atomic mass is 16.8. The number of hydrogen-bond donors (Lipinski definition) is 37. The van der Waals surface area contributed by atoms with Crippen LogP contribution < -0.4 is 5.32 Å². The summed E-state index contributed by atoms with van der Waals surface area (Å²) in [7, 11) is 0. The Hall–Kier alpha value is -3.00. The Labute approximate surface area is 819 Å². The summed E-state index contributed by atoms with van der Waals surface area (Å²) in [6.07, 6.45) is -60.4. The summed E-state index contributed by atoms with van der Waals surface area (Å²) >= 11 is 0. The Bertz CT molecular complexity index is 3380. The van der Waals surface area contributed by atoms with Gasteiger partial charge in [0.2, 0.25) is 0 Å². The molecule has 0 radical (unpaired) electrons. The number of ether oxygens (including phenoxy) is 15. The Morgan fingerprint density at radius 1 is 0.268 bits per heavy atom. The van der Waals surface area contributed by atoms with Crippen molar-refractivity contribution in [3.8, 4) is 0 Å². The van der Waals surface area contributed by atoms with Crippen molar-refractivity contribution in [2.45, 2.75) is 456 Å². The molecule has 54 heteroatoms. The molecule has 0 aromatic carbocycles. The lowest BCUT2D eigenvalue weighted by Crippen LogP contribution is -2.64. The Morgan fingerprint density at radius 2 is 0.493 bits per heavy atom. The highest BCUT2D eigenvalue weighted by Gasteiger charge is 2.58. The maximum Gasteiger partial charge on any atom is 0.187 e. The fraction of sp³-hybridized carbons (Fsp3) is 0.955. The van der Waals surface area contributed by atoms with Crippen LogP contribution in [0.2, 0.25) is 0 Å². The predicted octanol–water partition coefficient (Wildman–Crippen LogP) is -16.8. The number of carbonyl (C=O) groups is 2. The molecule has 10 fully saturated rings. The fourth-order valence-electron chi connectivity index (χ4n) is 17.8. The third kappa shape index (κ3) is 34.5. The lowest BCUT2D eigenvalue weighted by molar-refractivity contribution is -0.342. The molecule has 836 valence electrons. The second-order valence-electron chi connectivity index (χ2n) is 37.6. The molecule has 0 aliphatic carbocycles. The van der Waals surface area contributed by atoms with Gasteiger partial charge in [0, 0.05) is 31.7 Å². The molecule has 0 aromatic heterocycles. The van der Waals surface area contributed by atoms with Crippen molar-refractivity contribution in [1.82, 2.24) is 5.32 Å². The van der Waals surface area contributed by atoms with Gasteiger partial charge in [0.15, 0.2) is 31.5 Å². The maximum atomic E-state index is 12.4. The fourth-order valence-corrected chi connectivity index (χ4v) is 17.8. The van der Waals surface area contributed by atoms with Crippen molar-refractivity contribution < 1.29 is 264 Å². The molecular formula is C88H161NO53. The highest BCUT2D eigenvalue weighted by Crippen LogP contribution is 2.39. The minimum Gasteiger partial charge on any atom is -0.394 e. The zero-order valence-corrected chi connectivity index (χ0v) is 80.2. The van der Waals surface area contributed by atoms with Gasteiger partial charge in [-0.3, -0.25) is 9.59 Å². The van der Waals surface area contributed by atoms with E-state index in [0.717, 1.165) is 45.1 Å². The van der Waals surface area contributed by atoms with Crippen LogP contribution in [0.5, 0.6) is 0 Å². The zero-order valence-electron chi connectivity index (χ0n) is 80.2. The van der Waals surface area contributed by atoms with Crippen molar-refractivity contribution in [3.05, 3.63) is 12.2 Å². The topological polar surface area (TPSA) is 913 Å². The molecule has 0 spiro atoms. The van der Waals surface area contributed by atoms with Crippen LogP contribution >= 0.6 is 0 Å². The highest BCUT2D eigenvalue weighted by molar-refractivity contribution is 5.79. The second-order valence-corrected chi connectivity index (χ2v) is 37.6. The van der Waals surface area contributed by atoms with Gasteiger partial charge in [-0.05, 0) is 59.9 Å². The summed E-state index contributed by atoms with van der Waals surface area (Å²) in [6, 6.07) is 0.00524. The van der Waals surface area contributed by atoms with Crippen molar-refractivity contribution in [1.29, 1.82) is 0 Å². The van der Waals surface area contributed by atoms with Crippen LogP contribution in [0, 0.1) is 0 Å². The minimum absolute atomic E-state index is 0.00524. The van der Waals surface area contributed by atoms with E-state index in [1.165, 1.54) is 33.1 Å². The number of ketones is 2. The first kappa shape index (κ1) is 128. The van der Waals surface area contributed by atoms with Crippen molar-refractivity contribution in [2.24, 2.45) is 0 Å². The van der Waals surface area contributed by atoms with Gasteiger partial charge in [-0.2, -0.15) is 0 Å². The van der Waals surface area contributed by atoms with Gasteiger partial charge in [-0.25, -0.2) is 0 Å². The molecule has 10 heterocycles. The van der Waals surface area contributed by atoms with Gasteiger partial charge in [0.05, 0.1) is 103 Å². The smallest absolute Gasteiger partial charge is 0.187 e. The second kappa shape index (κ2) is 62.2. The first-order chi connectivity index (χ1) is 67.1. The third-order valence-corrected chi connectivity index (χ3v) is 26.2. The summed E-state index contributed by atoms with van der Waals surface area (Å²) in [6.45, 7) is 9.04. The van der Waals surface area contributed by atoms with Crippen LogP contribution in [0.25, 0.3) is 0 Å². The first-order valence-electron chi connectivity index (χ1n) is 48.1. The lowest BCUT2D eigenvalue weighted by atomic mass is 9.91. The molecule has 10 aliphatic rings. The lowest BCUT2D eigenvalue weighted by Gasteiger charge is -2.46. The van der Waals surface area contributed by atoms with E-state index in [1.807, 2.05) is 6.92 Å². The quantitative estimate of drug-likeness (QED) is 0.0199. The maximum absolute atomic E-state index is 12.4. The summed E-state index contributed by atoms with van der Waals surface area (Å²) in [4.78, 5) is 23.6. The summed E-state index contributed by atoms with van der Waals surface area (Å²) < 4.78 is 81.4. The van der Waals surface area contributed by atoms with E-state index in [-0.39, 0.29) is 43.3 Å². The summed E-state index contributed by atoms with van der Waals surface area (Å²) in [5.41, 5.74) is 0.714. The number of nitrogens with one attached hydrogen (secondary N) is 1. The normalized spacial score (nSPS) is 44.5. The van der Waals surface area contributed by atoms with E-state index in [9.17, 15) is 193 Å². The molecule has 0 amide bonds. The number of Topliss-reactive ketones (excluding diaryl/α,β-unsaturated/α-hetero) is 2. The van der Waals surface area contributed by atoms with Crippen LogP contribution in [0.4, 0.5) is 0 Å². The molecule has 10 rings (SSSR count). The van der Waals surface area contributed by atoms with Gasteiger partial charge >= 0.3 is 0 Å². The van der Waals surface area contributed by atoms with Crippen molar-refractivity contribution in [2.75, 3.05) is 72.6 Å². The SMILES string of the molecule is C=C(C)C[C@H]1O[C@H](CO)[C@@H](O[C@@H]2O[C@H](CO)[C@H](O)[C@H](O)[C@H]2O)[C@H](O)[C@H]1O.CC(=O)C[C@@H]1O[C@H](CO)[C@@H](OC2O[C@H](CO)[C@H](O)[C@H](O)[C@H]2O)[C@H](O)[C@H]1O.CC(O)C[C@@H]1O[C@H](CO)[C@@H](OC2O[C@H](CO)[C@H](O)[C@H](O)[C@H]2O)[C@H](O)[C@H]1O.CCCCCCCCCC(=O)C[C@@H]1O[C@H](CO)[C@@H](OC2O[C@H](CO)[C@H](O)[C@H](O)[C@H]2O)[C@H](O)[C@H]1O.CCCCNC(C)C[C@@H]1O[C@H](CO)[C@@H](OC2O[C@H](CO)[C@H](O)[C@H](O)[C@H]2O)[C@H](O)[C@H]1O. The molecule has 0 aromatic rings. The van der Waals surface area contributed by atoms with E-state index < -0.39 is 378 Å². The number of carbonyl (C=O) groups excluding carboxylic acids is 2. The Kier molecular flexibility index (Phi) is 56.0.